The van der Waals surface area contributed by atoms with Crippen molar-refractivity contribution in [3.63, 3.8) is 0 Å². The van der Waals surface area contributed by atoms with Gasteiger partial charge in [-0.2, -0.15) is 0 Å². The smallest absolute Gasteiger partial charge is 0.170 e. The normalized spacial score (nSPS) is 11.0. The van der Waals surface area contributed by atoms with Crippen molar-refractivity contribution in [2.24, 2.45) is 13.0 Å². The summed E-state index contributed by atoms with van der Waals surface area (Å²) in [5.74, 6) is 2.33. The average molecular weight is 274 g/mol. The number of ether oxygens (including phenoxy) is 1. The van der Waals surface area contributed by atoms with Gasteiger partial charge >= 0.3 is 0 Å². The lowest BCUT2D eigenvalue weighted by molar-refractivity contribution is 0.291. The molecular weight excluding hydrogens is 252 g/mol. The lowest BCUT2D eigenvalue weighted by Gasteiger charge is -2.10. The van der Waals surface area contributed by atoms with Crippen LogP contribution in [-0.4, -0.2) is 21.3 Å². The van der Waals surface area contributed by atoms with Crippen LogP contribution in [-0.2, 0) is 20.2 Å². The molecule has 0 aliphatic rings. The molecule has 108 valence electrons. The van der Waals surface area contributed by atoms with Crippen LogP contribution in [0.25, 0.3) is 0 Å². The van der Waals surface area contributed by atoms with Crippen LogP contribution in [0.4, 0.5) is 0 Å². The Hall–Kier alpha value is -1.88. The van der Waals surface area contributed by atoms with E-state index in [0.717, 1.165) is 24.7 Å². The highest BCUT2D eigenvalue weighted by atomic mass is 16.5. The number of hydrogen-bond acceptors (Lipinski definition) is 4. The van der Waals surface area contributed by atoms with E-state index in [1.165, 1.54) is 5.56 Å². The van der Waals surface area contributed by atoms with Crippen molar-refractivity contribution < 1.29 is 4.74 Å². The first-order valence-electron chi connectivity index (χ1n) is 6.90. The van der Waals surface area contributed by atoms with Crippen molar-refractivity contribution >= 4 is 0 Å². The maximum atomic E-state index is 5.75. The summed E-state index contributed by atoms with van der Waals surface area (Å²) >= 11 is 0. The fourth-order valence-electron chi connectivity index (χ4n) is 1.84. The van der Waals surface area contributed by atoms with Gasteiger partial charge in [-0.25, -0.2) is 0 Å². The van der Waals surface area contributed by atoms with E-state index < -0.39 is 0 Å². The van der Waals surface area contributed by atoms with Crippen molar-refractivity contribution in [1.82, 2.24) is 20.1 Å². The Morgan fingerprint density at radius 3 is 2.90 bits per heavy atom. The minimum atomic E-state index is 0.430. The van der Waals surface area contributed by atoms with E-state index >= 15 is 0 Å². The molecule has 5 heteroatoms. The van der Waals surface area contributed by atoms with Crippen LogP contribution >= 0.6 is 0 Å². The number of nitrogens with one attached hydrogen (secondary N) is 1. The topological polar surface area (TPSA) is 52.0 Å². The molecule has 1 aromatic heterocycles. The predicted molar refractivity (Wildman–Crippen MR) is 78.3 cm³/mol. The molecule has 0 unspecified atom stereocenters. The Kier molecular flexibility index (Phi) is 5.12. The van der Waals surface area contributed by atoms with Gasteiger partial charge in [0.15, 0.2) is 5.82 Å². The summed E-state index contributed by atoms with van der Waals surface area (Å²) in [6.07, 6.45) is 1.67. The zero-order valence-electron chi connectivity index (χ0n) is 12.3. The Bertz CT molecular complexity index is 536. The highest BCUT2D eigenvalue weighted by Gasteiger charge is 2.03. The molecule has 2 aromatic rings. The summed E-state index contributed by atoms with van der Waals surface area (Å²) in [6, 6.07) is 8.13. The third-order valence-corrected chi connectivity index (χ3v) is 2.95. The Morgan fingerprint density at radius 2 is 2.20 bits per heavy atom. The third kappa shape index (κ3) is 4.35. The predicted octanol–water partition coefficient (Wildman–Crippen LogP) is 2.14. The highest BCUT2D eigenvalue weighted by molar-refractivity contribution is 5.28. The lowest BCUT2D eigenvalue weighted by Crippen LogP contribution is -2.18. The summed E-state index contributed by atoms with van der Waals surface area (Å²) in [4.78, 5) is 0. The first kappa shape index (κ1) is 14.5. The zero-order chi connectivity index (χ0) is 14.4. The van der Waals surface area contributed by atoms with Gasteiger partial charge in [0.1, 0.15) is 18.7 Å². The summed E-state index contributed by atoms with van der Waals surface area (Å²) in [5.41, 5.74) is 1.22. The van der Waals surface area contributed by atoms with Gasteiger partial charge in [-0.15, -0.1) is 10.2 Å². The molecule has 0 atom stereocenters. The van der Waals surface area contributed by atoms with Crippen molar-refractivity contribution in [2.45, 2.75) is 27.0 Å². The molecule has 0 bridgehead atoms. The number of rotatable bonds is 7. The summed E-state index contributed by atoms with van der Waals surface area (Å²) < 4.78 is 7.60. The molecule has 2 rings (SSSR count). The fourth-order valence-corrected chi connectivity index (χ4v) is 1.84. The van der Waals surface area contributed by atoms with Gasteiger partial charge < -0.3 is 14.6 Å². The molecule has 1 N–H and O–H groups in total. The van der Waals surface area contributed by atoms with Crippen molar-refractivity contribution in [3.8, 4) is 5.75 Å². The Morgan fingerprint density at radius 1 is 1.35 bits per heavy atom. The molecule has 0 aliphatic heterocycles. The van der Waals surface area contributed by atoms with Gasteiger partial charge in [0.2, 0.25) is 0 Å². The summed E-state index contributed by atoms with van der Waals surface area (Å²) in [6.45, 7) is 6.71. The molecule has 0 saturated carbocycles. The van der Waals surface area contributed by atoms with Crippen LogP contribution in [0.15, 0.2) is 30.6 Å². The molecule has 0 radical (unpaired) electrons. The number of nitrogens with zero attached hydrogens (tertiary/aromatic N) is 3. The van der Waals surface area contributed by atoms with Crippen LogP contribution < -0.4 is 10.1 Å². The lowest BCUT2D eigenvalue weighted by atomic mass is 10.2. The average Bonchev–Trinajstić information content (AvgIpc) is 2.82. The number of aryl methyl sites for hydroxylation is 1. The van der Waals surface area contributed by atoms with Crippen LogP contribution in [0, 0.1) is 5.92 Å². The number of hydrogen-bond donors (Lipinski definition) is 1. The fraction of sp³-hybridized carbons (Fsp3) is 0.467. The van der Waals surface area contributed by atoms with Crippen molar-refractivity contribution in [3.05, 3.63) is 42.0 Å². The maximum Gasteiger partial charge on any atom is 0.170 e. The molecule has 1 heterocycles. The Balaban J connectivity index is 1.87. The molecule has 0 aliphatic carbocycles. The van der Waals surface area contributed by atoms with Crippen LogP contribution in [0.1, 0.15) is 25.2 Å². The minimum absolute atomic E-state index is 0.430. The van der Waals surface area contributed by atoms with Crippen LogP contribution in [0.5, 0.6) is 5.75 Å². The van der Waals surface area contributed by atoms with E-state index in [0.29, 0.717) is 12.5 Å². The molecule has 5 nitrogen and oxygen atoms in total. The molecule has 0 amide bonds. The van der Waals surface area contributed by atoms with E-state index in [2.05, 4.69) is 41.5 Å². The monoisotopic (exact) mass is 274 g/mol. The molecule has 0 saturated heterocycles. The minimum Gasteiger partial charge on any atom is -0.486 e. The SMILES string of the molecule is CC(C)CNCc1cccc(OCc2nncn2C)c1. The van der Waals surface area contributed by atoms with Gasteiger partial charge in [0.25, 0.3) is 0 Å². The van der Waals surface area contributed by atoms with Gasteiger partial charge in [-0.05, 0) is 30.2 Å². The first-order valence-corrected chi connectivity index (χ1v) is 6.90. The second kappa shape index (κ2) is 7.05. The first-order chi connectivity index (χ1) is 9.65. The van der Waals surface area contributed by atoms with Crippen molar-refractivity contribution in [1.29, 1.82) is 0 Å². The third-order valence-electron chi connectivity index (χ3n) is 2.95. The second-order valence-corrected chi connectivity index (χ2v) is 5.32. The van der Waals surface area contributed by atoms with E-state index in [4.69, 9.17) is 4.74 Å². The molecular formula is C15H22N4O. The van der Waals surface area contributed by atoms with E-state index in [1.54, 1.807) is 6.33 Å². The van der Waals surface area contributed by atoms with Crippen LogP contribution in [0.2, 0.25) is 0 Å². The van der Waals surface area contributed by atoms with Gasteiger partial charge in [-0.3, -0.25) is 0 Å². The number of aromatic nitrogens is 3. The second-order valence-electron chi connectivity index (χ2n) is 5.32. The molecule has 20 heavy (non-hydrogen) atoms. The molecule has 0 fully saturated rings. The molecule has 0 spiro atoms. The van der Waals surface area contributed by atoms with E-state index in [1.807, 2.05) is 23.7 Å². The highest BCUT2D eigenvalue weighted by Crippen LogP contribution is 2.14. The van der Waals surface area contributed by atoms with Crippen LogP contribution in [0.3, 0.4) is 0 Å². The summed E-state index contributed by atoms with van der Waals surface area (Å²) in [5, 5.41) is 11.3. The summed E-state index contributed by atoms with van der Waals surface area (Å²) in [7, 11) is 1.91. The number of benzene rings is 1. The quantitative estimate of drug-likeness (QED) is 0.840. The maximum absolute atomic E-state index is 5.75. The standard InChI is InChI=1S/C15H22N4O/c1-12(2)8-16-9-13-5-4-6-14(7-13)20-10-15-18-17-11-19(15)3/h4-7,11-12,16H,8-10H2,1-3H3. The largest absolute Gasteiger partial charge is 0.486 e. The van der Waals surface area contributed by atoms with E-state index in [-0.39, 0.29) is 0 Å². The van der Waals surface area contributed by atoms with Gasteiger partial charge in [0.05, 0.1) is 0 Å². The van der Waals surface area contributed by atoms with E-state index in [9.17, 15) is 0 Å². The van der Waals surface area contributed by atoms with Gasteiger partial charge in [0, 0.05) is 13.6 Å². The molecule has 1 aromatic carbocycles. The zero-order valence-corrected chi connectivity index (χ0v) is 12.3. The Labute approximate surface area is 120 Å². The van der Waals surface area contributed by atoms with Crippen molar-refractivity contribution in [2.75, 3.05) is 6.54 Å². The van der Waals surface area contributed by atoms with Gasteiger partial charge in [-0.1, -0.05) is 26.0 Å².